The van der Waals surface area contributed by atoms with E-state index in [9.17, 15) is 5.11 Å². The van der Waals surface area contributed by atoms with E-state index in [0.717, 1.165) is 25.2 Å². The van der Waals surface area contributed by atoms with Crippen LogP contribution in [0, 0.1) is 0 Å². The van der Waals surface area contributed by atoms with Crippen molar-refractivity contribution in [1.82, 2.24) is 5.32 Å². The molecule has 3 nitrogen and oxygen atoms in total. The highest BCUT2D eigenvalue weighted by molar-refractivity contribution is 5.82. The third kappa shape index (κ3) is 3.22. The lowest BCUT2D eigenvalue weighted by molar-refractivity contribution is 0.173. The van der Waals surface area contributed by atoms with E-state index >= 15 is 0 Å². The predicted molar refractivity (Wildman–Crippen MR) is 50.5 cm³/mol. The fourth-order valence-electron chi connectivity index (χ4n) is 1.22. The van der Waals surface area contributed by atoms with Gasteiger partial charge in [0.25, 0.3) is 0 Å². The number of nitrogens with zero attached hydrogens (tertiary/aromatic N) is 1. The minimum absolute atomic E-state index is 0.227. The molecule has 0 aromatic rings. The molecule has 0 fully saturated rings. The lowest BCUT2D eigenvalue weighted by Crippen LogP contribution is -2.32. The Labute approximate surface area is 73.9 Å². The summed E-state index contributed by atoms with van der Waals surface area (Å²) in [6.07, 6.45) is 4.07. The van der Waals surface area contributed by atoms with Gasteiger partial charge in [-0.1, -0.05) is 6.92 Å². The van der Waals surface area contributed by atoms with Crippen molar-refractivity contribution >= 4 is 5.84 Å². The predicted octanol–water partition coefficient (Wildman–Crippen LogP) is 0.929. The Morgan fingerprint density at radius 1 is 1.58 bits per heavy atom. The molecule has 12 heavy (non-hydrogen) atoms. The van der Waals surface area contributed by atoms with Crippen molar-refractivity contribution in [3.8, 4) is 0 Å². The average Bonchev–Trinajstić information content (AvgIpc) is 2.16. The van der Waals surface area contributed by atoms with Crippen LogP contribution >= 0.6 is 0 Å². The lowest BCUT2D eigenvalue weighted by Gasteiger charge is -2.15. The second kappa shape index (κ2) is 5.14. The van der Waals surface area contributed by atoms with Crippen molar-refractivity contribution in [2.24, 2.45) is 4.99 Å². The van der Waals surface area contributed by atoms with Crippen LogP contribution in [0.15, 0.2) is 4.99 Å². The van der Waals surface area contributed by atoms with Crippen molar-refractivity contribution in [2.45, 2.75) is 38.7 Å². The minimum atomic E-state index is -0.227. The minimum Gasteiger partial charge on any atom is -0.391 e. The van der Waals surface area contributed by atoms with Crippen LogP contribution in [0.1, 0.15) is 32.6 Å². The Bertz CT molecular complexity index is 157. The second-order valence-electron chi connectivity index (χ2n) is 3.23. The molecule has 2 N–H and O–H groups in total. The van der Waals surface area contributed by atoms with Crippen LogP contribution in [0.2, 0.25) is 0 Å². The van der Waals surface area contributed by atoms with Crippen LogP contribution in [0.4, 0.5) is 0 Å². The molecule has 0 aromatic heterocycles. The van der Waals surface area contributed by atoms with Crippen LogP contribution in [0.3, 0.4) is 0 Å². The van der Waals surface area contributed by atoms with Gasteiger partial charge in [-0.25, -0.2) is 0 Å². The van der Waals surface area contributed by atoms with Gasteiger partial charge < -0.3 is 10.4 Å². The first kappa shape index (κ1) is 9.52. The summed E-state index contributed by atoms with van der Waals surface area (Å²) in [7, 11) is 0. The highest BCUT2D eigenvalue weighted by atomic mass is 16.3. The number of aliphatic hydroxyl groups excluding tert-OH is 1. The highest BCUT2D eigenvalue weighted by Crippen LogP contribution is 2.03. The molecule has 1 heterocycles. The Morgan fingerprint density at radius 3 is 3.00 bits per heavy atom. The van der Waals surface area contributed by atoms with E-state index in [4.69, 9.17) is 0 Å². The summed E-state index contributed by atoms with van der Waals surface area (Å²) in [5.41, 5.74) is 0. The Balaban J connectivity index is 2.17. The van der Waals surface area contributed by atoms with E-state index in [1.807, 2.05) is 6.92 Å². The summed E-state index contributed by atoms with van der Waals surface area (Å²) < 4.78 is 0. The van der Waals surface area contributed by atoms with E-state index in [1.165, 1.54) is 12.8 Å². The number of aliphatic hydroxyl groups is 1. The molecule has 3 heteroatoms. The summed E-state index contributed by atoms with van der Waals surface area (Å²) in [6.45, 7) is 3.58. The van der Waals surface area contributed by atoms with Gasteiger partial charge in [-0.2, -0.15) is 0 Å². The SMILES string of the molecule is CCC(O)CNC1=NCCCC1. The monoisotopic (exact) mass is 170 g/mol. The zero-order valence-electron chi connectivity index (χ0n) is 7.71. The first-order chi connectivity index (χ1) is 5.83. The zero-order valence-corrected chi connectivity index (χ0v) is 7.71. The molecule has 0 aromatic carbocycles. The van der Waals surface area contributed by atoms with Gasteiger partial charge in [0, 0.05) is 19.5 Å². The van der Waals surface area contributed by atoms with Gasteiger partial charge in [-0.3, -0.25) is 4.99 Å². The van der Waals surface area contributed by atoms with Crippen molar-refractivity contribution in [1.29, 1.82) is 0 Å². The van der Waals surface area contributed by atoms with Gasteiger partial charge in [0.15, 0.2) is 0 Å². The van der Waals surface area contributed by atoms with Crippen LogP contribution in [-0.2, 0) is 0 Å². The highest BCUT2D eigenvalue weighted by Gasteiger charge is 2.06. The van der Waals surface area contributed by atoms with Gasteiger partial charge in [-0.05, 0) is 19.3 Å². The van der Waals surface area contributed by atoms with Gasteiger partial charge in [0.2, 0.25) is 0 Å². The maximum Gasteiger partial charge on any atom is 0.0963 e. The average molecular weight is 170 g/mol. The summed E-state index contributed by atoms with van der Waals surface area (Å²) in [4.78, 5) is 4.33. The standard InChI is InChI=1S/C9H18N2O/c1-2-8(12)7-11-9-5-3-4-6-10-9/h8,12H,2-7H2,1H3,(H,10,11). The van der Waals surface area contributed by atoms with Gasteiger partial charge >= 0.3 is 0 Å². The van der Waals surface area contributed by atoms with E-state index in [1.54, 1.807) is 0 Å². The van der Waals surface area contributed by atoms with Crippen LogP contribution < -0.4 is 5.32 Å². The third-order valence-corrected chi connectivity index (χ3v) is 2.14. The zero-order chi connectivity index (χ0) is 8.81. The smallest absolute Gasteiger partial charge is 0.0963 e. The van der Waals surface area contributed by atoms with E-state index in [-0.39, 0.29) is 6.10 Å². The summed E-state index contributed by atoms with van der Waals surface area (Å²) >= 11 is 0. The molecule has 70 valence electrons. The quantitative estimate of drug-likeness (QED) is 0.661. The summed E-state index contributed by atoms with van der Waals surface area (Å²) in [6, 6.07) is 0. The van der Waals surface area contributed by atoms with E-state index in [0.29, 0.717) is 6.54 Å². The molecular weight excluding hydrogens is 152 g/mol. The number of amidine groups is 1. The number of aliphatic imine (C=N–C) groups is 1. The second-order valence-corrected chi connectivity index (χ2v) is 3.23. The van der Waals surface area contributed by atoms with Gasteiger partial charge in [0.05, 0.1) is 11.9 Å². The van der Waals surface area contributed by atoms with Crippen molar-refractivity contribution in [3.63, 3.8) is 0 Å². The van der Waals surface area contributed by atoms with Gasteiger partial charge in [0.1, 0.15) is 0 Å². The number of nitrogens with one attached hydrogen (secondary N) is 1. The summed E-state index contributed by atoms with van der Waals surface area (Å²) in [5, 5.41) is 12.4. The largest absolute Gasteiger partial charge is 0.391 e. The van der Waals surface area contributed by atoms with Crippen molar-refractivity contribution in [2.75, 3.05) is 13.1 Å². The van der Waals surface area contributed by atoms with E-state index < -0.39 is 0 Å². The maximum atomic E-state index is 9.27. The Kier molecular flexibility index (Phi) is 4.08. The van der Waals surface area contributed by atoms with Gasteiger partial charge in [-0.15, -0.1) is 0 Å². The lowest BCUT2D eigenvalue weighted by atomic mass is 10.2. The number of rotatable bonds is 3. The molecule has 1 unspecified atom stereocenters. The number of hydrogen-bond acceptors (Lipinski definition) is 3. The van der Waals surface area contributed by atoms with E-state index in [2.05, 4.69) is 10.3 Å². The molecule has 1 rings (SSSR count). The Hall–Kier alpha value is -0.570. The summed E-state index contributed by atoms with van der Waals surface area (Å²) in [5.74, 6) is 1.08. The first-order valence-electron chi connectivity index (χ1n) is 4.78. The Morgan fingerprint density at radius 2 is 2.42 bits per heavy atom. The molecule has 0 amide bonds. The third-order valence-electron chi connectivity index (χ3n) is 2.14. The molecular formula is C9H18N2O. The molecule has 0 aliphatic carbocycles. The van der Waals surface area contributed by atoms with Crippen LogP contribution in [-0.4, -0.2) is 30.1 Å². The fourth-order valence-corrected chi connectivity index (χ4v) is 1.22. The molecule has 0 saturated carbocycles. The molecule has 0 saturated heterocycles. The van der Waals surface area contributed by atoms with Crippen LogP contribution in [0.25, 0.3) is 0 Å². The molecule has 1 atom stereocenters. The molecule has 1 aliphatic heterocycles. The topological polar surface area (TPSA) is 44.6 Å². The van der Waals surface area contributed by atoms with Crippen LogP contribution in [0.5, 0.6) is 0 Å². The maximum absolute atomic E-state index is 9.27. The first-order valence-corrected chi connectivity index (χ1v) is 4.78. The molecule has 0 bridgehead atoms. The normalized spacial score (nSPS) is 20.0. The van der Waals surface area contributed by atoms with Crippen molar-refractivity contribution < 1.29 is 5.11 Å². The molecule has 0 radical (unpaired) electrons. The number of hydrogen-bond donors (Lipinski definition) is 2. The van der Waals surface area contributed by atoms with Crippen molar-refractivity contribution in [3.05, 3.63) is 0 Å². The molecule has 0 spiro atoms. The fraction of sp³-hybridized carbons (Fsp3) is 0.889. The molecule has 1 aliphatic rings.